The maximum Gasteiger partial charge on any atom is 0.268 e. The number of para-hydroxylation sites is 1. The van der Waals surface area contributed by atoms with Crippen molar-refractivity contribution in [1.82, 2.24) is 4.98 Å². The number of thiazole rings is 1. The molecule has 0 unspecified atom stereocenters. The van der Waals surface area contributed by atoms with Gasteiger partial charge in [-0.15, -0.1) is 11.3 Å². The third kappa shape index (κ3) is 4.01. The highest BCUT2D eigenvalue weighted by Gasteiger charge is 2.19. The second kappa shape index (κ2) is 7.14. The summed E-state index contributed by atoms with van der Waals surface area (Å²) in [5.41, 5.74) is 2.53. The Morgan fingerprint density at radius 3 is 2.85 bits per heavy atom. The van der Waals surface area contributed by atoms with E-state index in [-0.39, 0.29) is 11.0 Å². The molecule has 0 saturated heterocycles. The Labute approximate surface area is 156 Å². The van der Waals surface area contributed by atoms with Crippen LogP contribution in [0, 0.1) is 11.3 Å². The van der Waals surface area contributed by atoms with Crippen LogP contribution < -0.4 is 10.1 Å². The molecule has 3 rings (SSSR count). The van der Waals surface area contributed by atoms with E-state index in [0.717, 1.165) is 22.6 Å². The van der Waals surface area contributed by atoms with Crippen LogP contribution in [0.5, 0.6) is 5.75 Å². The zero-order chi connectivity index (χ0) is 18.7. The fourth-order valence-corrected chi connectivity index (χ4v) is 3.32. The minimum absolute atomic E-state index is 0.0201. The molecule has 1 aromatic carbocycles. The predicted molar refractivity (Wildman–Crippen MR) is 103 cm³/mol. The maximum atomic E-state index is 12.4. The van der Waals surface area contributed by atoms with Crippen LogP contribution in [0.25, 0.3) is 6.08 Å². The summed E-state index contributed by atoms with van der Waals surface area (Å²) in [6.07, 6.45) is 3.48. The molecule has 1 aliphatic heterocycles. The molecule has 6 heteroatoms. The highest BCUT2D eigenvalue weighted by molar-refractivity contribution is 7.14. The quantitative estimate of drug-likeness (QED) is 0.650. The summed E-state index contributed by atoms with van der Waals surface area (Å²) in [6, 6.07) is 9.60. The third-order valence-corrected chi connectivity index (χ3v) is 4.60. The number of benzene rings is 1. The maximum absolute atomic E-state index is 12.4. The van der Waals surface area contributed by atoms with E-state index in [1.165, 1.54) is 11.3 Å². The summed E-state index contributed by atoms with van der Waals surface area (Å²) < 4.78 is 5.66. The molecule has 2 heterocycles. The van der Waals surface area contributed by atoms with Crippen LogP contribution >= 0.6 is 11.3 Å². The first-order valence-corrected chi connectivity index (χ1v) is 9.06. The van der Waals surface area contributed by atoms with E-state index in [9.17, 15) is 10.1 Å². The van der Waals surface area contributed by atoms with Gasteiger partial charge < -0.3 is 4.74 Å². The van der Waals surface area contributed by atoms with Gasteiger partial charge in [-0.05, 0) is 23.8 Å². The van der Waals surface area contributed by atoms with Crippen LogP contribution in [-0.4, -0.2) is 17.5 Å². The number of carbonyl (C=O) groups excluding carboxylic acids is 1. The topological polar surface area (TPSA) is 75.0 Å². The first kappa shape index (κ1) is 17.9. The van der Waals surface area contributed by atoms with Crippen molar-refractivity contribution in [2.75, 3.05) is 11.9 Å². The number of rotatable bonds is 3. The number of nitrogens with one attached hydrogen (secondary N) is 1. The predicted octanol–water partition coefficient (Wildman–Crippen LogP) is 4.31. The largest absolute Gasteiger partial charge is 0.488 e. The summed E-state index contributed by atoms with van der Waals surface area (Å²) >= 11 is 1.35. The van der Waals surface area contributed by atoms with E-state index in [0.29, 0.717) is 11.7 Å². The van der Waals surface area contributed by atoms with Crippen LogP contribution in [0.2, 0.25) is 0 Å². The van der Waals surface area contributed by atoms with Crippen molar-refractivity contribution in [3.05, 3.63) is 58.1 Å². The monoisotopic (exact) mass is 365 g/mol. The summed E-state index contributed by atoms with van der Waals surface area (Å²) in [7, 11) is 0. The molecular weight excluding hydrogens is 346 g/mol. The number of aromatic nitrogens is 1. The van der Waals surface area contributed by atoms with Crippen molar-refractivity contribution < 1.29 is 9.53 Å². The highest BCUT2D eigenvalue weighted by Crippen LogP contribution is 2.28. The molecule has 0 saturated carbocycles. The Hall–Kier alpha value is -2.91. The number of anilines is 1. The van der Waals surface area contributed by atoms with Gasteiger partial charge in [0.05, 0.1) is 5.69 Å². The molecule has 0 radical (unpaired) electrons. The molecule has 26 heavy (non-hydrogen) atoms. The van der Waals surface area contributed by atoms with Crippen LogP contribution in [0.3, 0.4) is 0 Å². The van der Waals surface area contributed by atoms with Gasteiger partial charge in [0.25, 0.3) is 5.91 Å². The summed E-state index contributed by atoms with van der Waals surface area (Å²) in [6.45, 7) is 6.49. The fraction of sp³-hybridized carbons (Fsp3) is 0.250. The molecule has 132 valence electrons. The first-order valence-electron chi connectivity index (χ1n) is 8.18. The van der Waals surface area contributed by atoms with Crippen molar-refractivity contribution in [3.63, 3.8) is 0 Å². The molecule has 0 aliphatic carbocycles. The molecule has 5 nitrogen and oxygen atoms in total. The van der Waals surface area contributed by atoms with Gasteiger partial charge in [0, 0.05) is 16.4 Å². The number of amides is 1. The van der Waals surface area contributed by atoms with Gasteiger partial charge in [-0.25, -0.2) is 4.98 Å². The van der Waals surface area contributed by atoms with Crippen LogP contribution in [-0.2, 0) is 10.2 Å². The molecule has 0 fully saturated rings. The molecule has 0 spiro atoms. The second-order valence-corrected chi connectivity index (χ2v) is 7.82. The second-order valence-electron chi connectivity index (χ2n) is 6.96. The average molecular weight is 365 g/mol. The third-order valence-electron chi connectivity index (χ3n) is 3.84. The van der Waals surface area contributed by atoms with Crippen molar-refractivity contribution in [1.29, 1.82) is 5.26 Å². The van der Waals surface area contributed by atoms with Gasteiger partial charge in [-0.1, -0.05) is 39.0 Å². The van der Waals surface area contributed by atoms with E-state index in [1.54, 1.807) is 6.08 Å². The number of carbonyl (C=O) groups is 1. The van der Waals surface area contributed by atoms with Gasteiger partial charge in [-0.3, -0.25) is 10.1 Å². The van der Waals surface area contributed by atoms with E-state index in [2.05, 4.69) is 31.1 Å². The van der Waals surface area contributed by atoms with Gasteiger partial charge in [0.2, 0.25) is 0 Å². The Kier molecular flexibility index (Phi) is 4.92. The van der Waals surface area contributed by atoms with Crippen LogP contribution in [0.4, 0.5) is 5.13 Å². The number of fused-ring (bicyclic) bond motifs is 1. The fourth-order valence-electron chi connectivity index (χ4n) is 2.39. The van der Waals surface area contributed by atoms with Crippen LogP contribution in [0.15, 0.2) is 46.9 Å². The molecule has 1 aromatic heterocycles. The van der Waals surface area contributed by atoms with E-state index in [1.807, 2.05) is 41.8 Å². The van der Waals surface area contributed by atoms with Crippen molar-refractivity contribution in [3.8, 4) is 11.8 Å². The van der Waals surface area contributed by atoms with E-state index < -0.39 is 5.91 Å². The van der Waals surface area contributed by atoms with Crippen LogP contribution in [0.1, 0.15) is 32.0 Å². The Balaban J connectivity index is 1.78. The standard InChI is InChI=1S/C20H19N3O2S/c1-20(2,3)17-12-26-19(22-17)23-18(24)15(10-21)9-13-8-14-6-4-5-7-16(14)25-11-13/h4-9,12H,11H2,1-3H3,(H,22,23,24)/b15-9-. The molecule has 1 aliphatic rings. The van der Waals surface area contributed by atoms with Gasteiger partial charge >= 0.3 is 0 Å². The minimum Gasteiger partial charge on any atom is -0.488 e. The number of nitriles is 1. The van der Waals surface area contributed by atoms with Gasteiger partial charge in [0.1, 0.15) is 24.0 Å². The van der Waals surface area contributed by atoms with Crippen molar-refractivity contribution >= 4 is 28.5 Å². The smallest absolute Gasteiger partial charge is 0.268 e. The molecule has 0 atom stereocenters. The summed E-state index contributed by atoms with van der Waals surface area (Å²) in [5.74, 6) is 0.326. The van der Waals surface area contributed by atoms with Gasteiger partial charge in [-0.2, -0.15) is 5.26 Å². The summed E-state index contributed by atoms with van der Waals surface area (Å²) in [5, 5.41) is 14.5. The molecule has 1 amide bonds. The number of hydrogen-bond acceptors (Lipinski definition) is 5. The van der Waals surface area contributed by atoms with Crippen molar-refractivity contribution in [2.24, 2.45) is 0 Å². The Morgan fingerprint density at radius 2 is 2.15 bits per heavy atom. The summed E-state index contributed by atoms with van der Waals surface area (Å²) in [4.78, 5) is 16.8. The molecule has 0 bridgehead atoms. The van der Waals surface area contributed by atoms with Crippen molar-refractivity contribution in [2.45, 2.75) is 26.2 Å². The zero-order valence-corrected chi connectivity index (χ0v) is 15.7. The lowest BCUT2D eigenvalue weighted by Gasteiger charge is -2.16. The lowest BCUT2D eigenvalue weighted by Crippen LogP contribution is -2.16. The SMILES string of the molecule is CC(C)(C)c1csc(NC(=O)/C(C#N)=C\C2=Cc3ccccc3OC2)n1. The Bertz CT molecular complexity index is 942. The number of hydrogen-bond donors (Lipinski definition) is 1. The molecular formula is C20H19N3O2S. The van der Waals surface area contributed by atoms with E-state index >= 15 is 0 Å². The molecule has 1 N–H and O–H groups in total. The zero-order valence-electron chi connectivity index (χ0n) is 14.9. The lowest BCUT2D eigenvalue weighted by atomic mass is 9.93. The van der Waals surface area contributed by atoms with E-state index in [4.69, 9.17) is 4.74 Å². The normalized spacial score (nSPS) is 13.9. The average Bonchev–Trinajstić information content (AvgIpc) is 3.08. The number of nitrogens with zero attached hydrogens (tertiary/aromatic N) is 2. The lowest BCUT2D eigenvalue weighted by molar-refractivity contribution is -0.112. The first-order chi connectivity index (χ1) is 12.4. The molecule has 2 aromatic rings. The van der Waals surface area contributed by atoms with Gasteiger partial charge in [0.15, 0.2) is 5.13 Å². The Morgan fingerprint density at radius 1 is 1.38 bits per heavy atom. The minimum atomic E-state index is -0.470. The highest BCUT2D eigenvalue weighted by atomic mass is 32.1. The number of ether oxygens (including phenoxy) is 1.